The maximum absolute atomic E-state index is 13.2. The van der Waals surface area contributed by atoms with Crippen LogP contribution in [0.25, 0.3) is 0 Å². The SMILES string of the molecule is CCOC(=O)c1ccc(N2C(=O)c3ccccc3[C@@]2(O)c2ccccc2)cc1. The summed E-state index contributed by atoms with van der Waals surface area (Å²) in [4.78, 5) is 26.5. The molecule has 0 radical (unpaired) electrons. The van der Waals surface area contributed by atoms with E-state index in [1.807, 2.05) is 18.2 Å². The van der Waals surface area contributed by atoms with Crippen LogP contribution in [0.15, 0.2) is 78.9 Å². The van der Waals surface area contributed by atoms with Gasteiger partial charge in [-0.1, -0.05) is 48.5 Å². The third-order valence-corrected chi connectivity index (χ3v) is 4.87. The predicted molar refractivity (Wildman–Crippen MR) is 105 cm³/mol. The van der Waals surface area contributed by atoms with Gasteiger partial charge in [0.25, 0.3) is 5.91 Å². The van der Waals surface area contributed by atoms with Gasteiger partial charge >= 0.3 is 5.97 Å². The molecule has 1 heterocycles. The lowest BCUT2D eigenvalue weighted by Crippen LogP contribution is -2.45. The molecule has 0 saturated heterocycles. The monoisotopic (exact) mass is 373 g/mol. The molecule has 3 aromatic carbocycles. The Morgan fingerprint density at radius 3 is 2.29 bits per heavy atom. The number of fused-ring (bicyclic) bond motifs is 1. The molecule has 0 aromatic heterocycles. The standard InChI is InChI=1S/C23H19NO4/c1-2-28-22(26)16-12-14-18(15-13-16)24-21(25)19-10-6-7-11-20(19)23(24,27)17-8-4-3-5-9-17/h3-15,27H,2H2,1H3/t23-/m0/s1. The smallest absolute Gasteiger partial charge is 0.338 e. The molecule has 5 nitrogen and oxygen atoms in total. The summed E-state index contributed by atoms with van der Waals surface area (Å²) >= 11 is 0. The molecule has 1 atom stereocenters. The number of esters is 1. The molecular weight excluding hydrogens is 354 g/mol. The lowest BCUT2D eigenvalue weighted by atomic mass is 9.93. The average Bonchev–Trinajstić information content (AvgIpc) is 2.97. The number of ether oxygens (including phenoxy) is 1. The summed E-state index contributed by atoms with van der Waals surface area (Å²) in [5.41, 5.74) is 0.797. The van der Waals surface area contributed by atoms with Gasteiger partial charge in [-0.05, 0) is 37.3 Å². The van der Waals surface area contributed by atoms with E-state index in [1.165, 1.54) is 4.90 Å². The van der Waals surface area contributed by atoms with E-state index < -0.39 is 11.7 Å². The molecule has 1 aliphatic rings. The van der Waals surface area contributed by atoms with Crippen LogP contribution in [0.1, 0.15) is 38.8 Å². The minimum Gasteiger partial charge on any atom is -0.462 e. The summed E-state index contributed by atoms with van der Waals surface area (Å²) in [6, 6.07) is 22.6. The van der Waals surface area contributed by atoms with Crippen LogP contribution in [0.3, 0.4) is 0 Å². The lowest BCUT2D eigenvalue weighted by molar-refractivity contribution is 0.0526. The second-order valence-corrected chi connectivity index (χ2v) is 6.49. The number of carbonyl (C=O) groups is 2. The van der Waals surface area contributed by atoms with Crippen LogP contribution in [0.4, 0.5) is 5.69 Å². The van der Waals surface area contributed by atoms with E-state index in [0.717, 1.165) is 0 Å². The van der Waals surface area contributed by atoms with Crippen molar-refractivity contribution in [3.8, 4) is 0 Å². The predicted octanol–water partition coefficient (Wildman–Crippen LogP) is 3.72. The van der Waals surface area contributed by atoms with Crippen molar-refractivity contribution in [3.63, 3.8) is 0 Å². The number of aliphatic hydroxyl groups is 1. The van der Waals surface area contributed by atoms with Crippen LogP contribution in [0.2, 0.25) is 0 Å². The molecule has 1 amide bonds. The van der Waals surface area contributed by atoms with Crippen molar-refractivity contribution in [2.45, 2.75) is 12.6 Å². The van der Waals surface area contributed by atoms with Gasteiger partial charge in [-0.2, -0.15) is 0 Å². The molecule has 0 aliphatic carbocycles. The zero-order chi connectivity index (χ0) is 19.7. The topological polar surface area (TPSA) is 66.8 Å². The Balaban J connectivity index is 1.84. The second-order valence-electron chi connectivity index (χ2n) is 6.49. The van der Waals surface area contributed by atoms with Crippen molar-refractivity contribution in [3.05, 3.63) is 101 Å². The molecule has 1 aliphatic heterocycles. The summed E-state index contributed by atoms with van der Waals surface area (Å²) in [5.74, 6) is -0.728. The van der Waals surface area contributed by atoms with E-state index in [9.17, 15) is 14.7 Å². The highest BCUT2D eigenvalue weighted by molar-refractivity contribution is 6.12. The molecular formula is C23H19NO4. The highest BCUT2D eigenvalue weighted by Crippen LogP contribution is 2.44. The Morgan fingerprint density at radius 1 is 0.964 bits per heavy atom. The highest BCUT2D eigenvalue weighted by Gasteiger charge is 2.50. The van der Waals surface area contributed by atoms with E-state index >= 15 is 0 Å². The zero-order valence-electron chi connectivity index (χ0n) is 15.3. The number of amides is 1. The average molecular weight is 373 g/mol. The Kier molecular flexibility index (Phi) is 4.45. The first kappa shape index (κ1) is 17.9. The highest BCUT2D eigenvalue weighted by atomic mass is 16.5. The van der Waals surface area contributed by atoms with Gasteiger partial charge in [0.2, 0.25) is 0 Å². The van der Waals surface area contributed by atoms with E-state index in [4.69, 9.17) is 4.74 Å². The van der Waals surface area contributed by atoms with Gasteiger partial charge in [-0.3, -0.25) is 9.69 Å². The summed E-state index contributed by atoms with van der Waals surface area (Å²) in [5, 5.41) is 11.8. The molecule has 3 aromatic rings. The van der Waals surface area contributed by atoms with Gasteiger partial charge in [0.1, 0.15) is 0 Å². The summed E-state index contributed by atoms with van der Waals surface area (Å²) in [7, 11) is 0. The molecule has 0 fully saturated rings. The van der Waals surface area contributed by atoms with Gasteiger partial charge in [0.15, 0.2) is 5.72 Å². The van der Waals surface area contributed by atoms with Crippen LogP contribution in [-0.2, 0) is 10.5 Å². The summed E-state index contributed by atoms with van der Waals surface area (Å²) < 4.78 is 5.01. The first-order valence-corrected chi connectivity index (χ1v) is 9.06. The van der Waals surface area contributed by atoms with Crippen LogP contribution in [0.5, 0.6) is 0 Å². The maximum Gasteiger partial charge on any atom is 0.338 e. The lowest BCUT2D eigenvalue weighted by Gasteiger charge is -2.35. The fraction of sp³-hybridized carbons (Fsp3) is 0.130. The van der Waals surface area contributed by atoms with E-state index in [2.05, 4.69) is 0 Å². The largest absolute Gasteiger partial charge is 0.462 e. The Morgan fingerprint density at radius 2 is 1.61 bits per heavy atom. The van der Waals surface area contributed by atoms with Crippen LogP contribution < -0.4 is 4.90 Å². The normalized spacial score (nSPS) is 18.1. The first-order valence-electron chi connectivity index (χ1n) is 9.06. The number of anilines is 1. The molecule has 4 rings (SSSR count). The summed E-state index contributed by atoms with van der Waals surface area (Å²) in [6.45, 7) is 2.03. The van der Waals surface area contributed by atoms with Gasteiger partial charge in [-0.15, -0.1) is 0 Å². The molecule has 140 valence electrons. The van der Waals surface area contributed by atoms with E-state index in [-0.39, 0.29) is 12.5 Å². The fourth-order valence-electron chi connectivity index (χ4n) is 3.58. The number of hydrogen-bond acceptors (Lipinski definition) is 4. The molecule has 1 N–H and O–H groups in total. The van der Waals surface area contributed by atoms with Crippen molar-refractivity contribution in [2.75, 3.05) is 11.5 Å². The van der Waals surface area contributed by atoms with E-state index in [1.54, 1.807) is 67.6 Å². The third-order valence-electron chi connectivity index (χ3n) is 4.87. The maximum atomic E-state index is 13.2. The van der Waals surface area contributed by atoms with Crippen molar-refractivity contribution < 1.29 is 19.4 Å². The molecule has 28 heavy (non-hydrogen) atoms. The van der Waals surface area contributed by atoms with Gasteiger partial charge in [-0.25, -0.2) is 4.79 Å². The Bertz CT molecular complexity index is 1030. The quantitative estimate of drug-likeness (QED) is 0.708. The van der Waals surface area contributed by atoms with Crippen molar-refractivity contribution >= 4 is 17.6 Å². The molecule has 0 bridgehead atoms. The third kappa shape index (κ3) is 2.68. The minimum atomic E-state index is -1.64. The summed E-state index contributed by atoms with van der Waals surface area (Å²) in [6.07, 6.45) is 0. The molecule has 0 saturated carbocycles. The molecule has 0 unspecified atom stereocenters. The number of rotatable bonds is 4. The number of benzene rings is 3. The Labute approximate surface area is 162 Å². The van der Waals surface area contributed by atoms with E-state index in [0.29, 0.717) is 27.9 Å². The first-order chi connectivity index (χ1) is 13.6. The second kappa shape index (κ2) is 6.94. The van der Waals surface area contributed by atoms with Crippen molar-refractivity contribution in [1.29, 1.82) is 0 Å². The van der Waals surface area contributed by atoms with Gasteiger partial charge < -0.3 is 9.84 Å². The number of carbonyl (C=O) groups excluding carboxylic acids is 2. The van der Waals surface area contributed by atoms with Crippen molar-refractivity contribution in [1.82, 2.24) is 0 Å². The molecule has 0 spiro atoms. The number of nitrogens with zero attached hydrogens (tertiary/aromatic N) is 1. The minimum absolute atomic E-state index is 0.286. The fourth-order valence-corrected chi connectivity index (χ4v) is 3.58. The van der Waals surface area contributed by atoms with Crippen molar-refractivity contribution in [2.24, 2.45) is 0 Å². The zero-order valence-corrected chi connectivity index (χ0v) is 15.3. The number of hydrogen-bond donors (Lipinski definition) is 1. The van der Waals surface area contributed by atoms with Crippen LogP contribution in [0, 0.1) is 0 Å². The van der Waals surface area contributed by atoms with Crippen LogP contribution >= 0.6 is 0 Å². The van der Waals surface area contributed by atoms with Gasteiger partial charge in [0, 0.05) is 22.4 Å². The van der Waals surface area contributed by atoms with Gasteiger partial charge in [0.05, 0.1) is 12.2 Å². The van der Waals surface area contributed by atoms with Crippen LogP contribution in [-0.4, -0.2) is 23.6 Å². The molecule has 5 heteroatoms. The Hall–Kier alpha value is -3.44.